The first-order chi connectivity index (χ1) is 8.76. The summed E-state index contributed by atoms with van der Waals surface area (Å²) in [6, 6.07) is 0.483. The molecule has 0 unspecified atom stereocenters. The van der Waals surface area contributed by atoms with Gasteiger partial charge >= 0.3 is 0 Å². The van der Waals surface area contributed by atoms with Gasteiger partial charge in [0.15, 0.2) is 0 Å². The van der Waals surface area contributed by atoms with E-state index in [9.17, 15) is 4.79 Å². The van der Waals surface area contributed by atoms with E-state index in [1.54, 1.807) is 11.2 Å². The maximum absolute atomic E-state index is 12.1. The molecule has 18 heavy (non-hydrogen) atoms. The zero-order chi connectivity index (χ0) is 13.0. The second-order valence-electron chi connectivity index (χ2n) is 4.66. The molecule has 0 atom stereocenters. The number of aromatic nitrogens is 2. The first-order valence-electron chi connectivity index (χ1n) is 6.79. The lowest BCUT2D eigenvalue weighted by Crippen LogP contribution is -2.31. The number of imidazole rings is 1. The Morgan fingerprint density at radius 1 is 1.44 bits per heavy atom. The zero-order valence-corrected chi connectivity index (χ0v) is 11.2. The monoisotopic (exact) mass is 250 g/mol. The van der Waals surface area contributed by atoms with E-state index in [4.69, 9.17) is 0 Å². The summed E-state index contributed by atoms with van der Waals surface area (Å²) in [6.45, 7) is 7.53. The Morgan fingerprint density at radius 2 is 2.11 bits per heavy atom. The van der Waals surface area contributed by atoms with Gasteiger partial charge in [-0.2, -0.15) is 0 Å². The van der Waals surface area contributed by atoms with Crippen molar-refractivity contribution >= 4 is 5.91 Å². The van der Waals surface area contributed by atoms with Crippen LogP contribution < -0.4 is 5.32 Å². The van der Waals surface area contributed by atoms with Crippen molar-refractivity contribution in [1.82, 2.24) is 19.8 Å². The van der Waals surface area contributed by atoms with Gasteiger partial charge in [0, 0.05) is 25.3 Å². The fraction of sp³-hybridized carbons (Fsp3) is 0.692. The minimum Gasteiger partial charge on any atom is -0.338 e. The van der Waals surface area contributed by atoms with Crippen molar-refractivity contribution in [2.24, 2.45) is 0 Å². The second kappa shape index (κ2) is 6.00. The van der Waals surface area contributed by atoms with Crippen LogP contribution >= 0.6 is 0 Å². The van der Waals surface area contributed by atoms with Gasteiger partial charge in [-0.05, 0) is 39.8 Å². The van der Waals surface area contributed by atoms with E-state index < -0.39 is 0 Å². The largest absolute Gasteiger partial charge is 0.338 e. The molecule has 0 saturated carbocycles. The summed E-state index contributed by atoms with van der Waals surface area (Å²) >= 11 is 0. The Morgan fingerprint density at radius 3 is 2.72 bits per heavy atom. The van der Waals surface area contributed by atoms with Crippen molar-refractivity contribution in [1.29, 1.82) is 0 Å². The number of nitrogens with zero attached hydrogens (tertiary/aromatic N) is 3. The fourth-order valence-corrected chi connectivity index (χ4v) is 2.42. The van der Waals surface area contributed by atoms with Gasteiger partial charge in [0.05, 0.1) is 6.33 Å². The Hall–Kier alpha value is -1.36. The van der Waals surface area contributed by atoms with Crippen LogP contribution in [0.15, 0.2) is 12.5 Å². The van der Waals surface area contributed by atoms with Gasteiger partial charge in [-0.3, -0.25) is 4.79 Å². The molecule has 0 spiro atoms. The highest BCUT2D eigenvalue weighted by atomic mass is 16.2. The Kier molecular flexibility index (Phi) is 4.36. The highest BCUT2D eigenvalue weighted by Gasteiger charge is 2.19. The molecule has 1 fully saturated rings. The molecule has 0 radical (unpaired) electrons. The Bertz CT molecular complexity index is 391. The molecular weight excluding hydrogens is 228 g/mol. The van der Waals surface area contributed by atoms with Crippen LogP contribution in [0.4, 0.5) is 0 Å². The summed E-state index contributed by atoms with van der Waals surface area (Å²) < 4.78 is 2.09. The molecule has 1 aliphatic rings. The van der Waals surface area contributed by atoms with Gasteiger partial charge in [-0.15, -0.1) is 0 Å². The molecule has 2 heterocycles. The van der Waals surface area contributed by atoms with Crippen molar-refractivity contribution in [3.8, 4) is 0 Å². The highest BCUT2D eigenvalue weighted by molar-refractivity contribution is 5.92. The third-order valence-electron chi connectivity index (χ3n) is 3.60. The van der Waals surface area contributed by atoms with E-state index in [2.05, 4.69) is 14.9 Å². The third-order valence-corrected chi connectivity index (χ3v) is 3.60. The number of rotatable bonds is 4. The molecule has 0 aliphatic carbocycles. The molecule has 100 valence electrons. The molecule has 1 amide bonds. The van der Waals surface area contributed by atoms with Crippen molar-refractivity contribution in [2.45, 2.75) is 32.7 Å². The highest BCUT2D eigenvalue weighted by Crippen LogP contribution is 2.18. The topological polar surface area (TPSA) is 50.2 Å². The van der Waals surface area contributed by atoms with Gasteiger partial charge in [0.1, 0.15) is 5.69 Å². The van der Waals surface area contributed by atoms with E-state index >= 15 is 0 Å². The van der Waals surface area contributed by atoms with Gasteiger partial charge < -0.3 is 14.8 Å². The van der Waals surface area contributed by atoms with Crippen LogP contribution in [0.25, 0.3) is 0 Å². The van der Waals surface area contributed by atoms with Crippen molar-refractivity contribution in [3.63, 3.8) is 0 Å². The van der Waals surface area contributed by atoms with Crippen molar-refractivity contribution in [3.05, 3.63) is 18.2 Å². The Balaban J connectivity index is 2.07. The van der Waals surface area contributed by atoms with Crippen molar-refractivity contribution in [2.75, 3.05) is 26.2 Å². The van der Waals surface area contributed by atoms with Crippen LogP contribution in [-0.2, 0) is 0 Å². The molecule has 5 heteroatoms. The summed E-state index contributed by atoms with van der Waals surface area (Å²) in [7, 11) is 0. The van der Waals surface area contributed by atoms with Crippen LogP contribution in [-0.4, -0.2) is 46.5 Å². The Labute approximate surface area is 108 Å². The number of amides is 1. The maximum atomic E-state index is 12.1. The molecule has 0 aromatic carbocycles. The number of carbonyl (C=O) groups excluding carboxylic acids is 1. The van der Waals surface area contributed by atoms with Crippen LogP contribution in [0, 0.1) is 0 Å². The summed E-state index contributed by atoms with van der Waals surface area (Å²) in [5.74, 6) is 0.0349. The average Bonchev–Trinajstić information content (AvgIpc) is 2.90. The lowest BCUT2D eigenvalue weighted by Gasteiger charge is -2.23. The average molecular weight is 250 g/mol. The molecular formula is C13H22N4O. The smallest absolute Gasteiger partial charge is 0.274 e. The number of nitrogens with one attached hydrogen (secondary N) is 1. The van der Waals surface area contributed by atoms with Gasteiger partial charge in [0.25, 0.3) is 5.91 Å². The zero-order valence-electron chi connectivity index (χ0n) is 11.2. The van der Waals surface area contributed by atoms with Gasteiger partial charge in [0.2, 0.25) is 0 Å². The van der Waals surface area contributed by atoms with Crippen molar-refractivity contribution < 1.29 is 4.79 Å². The molecule has 2 rings (SSSR count). The molecule has 0 bridgehead atoms. The van der Waals surface area contributed by atoms with E-state index in [1.165, 1.54) is 0 Å². The number of carbonyl (C=O) groups is 1. The lowest BCUT2D eigenvalue weighted by molar-refractivity contribution is 0.0767. The van der Waals surface area contributed by atoms with E-state index in [-0.39, 0.29) is 5.91 Å². The fourth-order valence-electron chi connectivity index (χ4n) is 2.42. The summed E-state index contributed by atoms with van der Waals surface area (Å²) in [5, 5.41) is 3.34. The van der Waals surface area contributed by atoms with E-state index in [1.807, 2.05) is 20.0 Å². The second-order valence-corrected chi connectivity index (χ2v) is 4.66. The number of hydrogen-bond acceptors (Lipinski definition) is 3. The lowest BCUT2D eigenvalue weighted by atomic mass is 10.1. The van der Waals surface area contributed by atoms with Crippen LogP contribution in [0.3, 0.4) is 0 Å². The molecule has 1 aliphatic heterocycles. The normalized spacial score (nSPS) is 16.8. The molecule has 1 aromatic rings. The molecule has 5 nitrogen and oxygen atoms in total. The van der Waals surface area contributed by atoms with E-state index in [0.717, 1.165) is 39.0 Å². The molecule has 1 N–H and O–H groups in total. The molecule has 1 aromatic heterocycles. The minimum absolute atomic E-state index is 0.0349. The molecule has 1 saturated heterocycles. The van der Waals surface area contributed by atoms with Crippen LogP contribution in [0.2, 0.25) is 0 Å². The number of piperidine rings is 1. The third kappa shape index (κ3) is 2.72. The van der Waals surface area contributed by atoms with Crippen LogP contribution in [0.5, 0.6) is 0 Å². The number of hydrogen-bond donors (Lipinski definition) is 1. The summed E-state index contributed by atoms with van der Waals surface area (Å²) in [6.07, 6.45) is 5.91. The minimum atomic E-state index is 0.0349. The quantitative estimate of drug-likeness (QED) is 0.876. The standard InChI is InChI=1S/C13H22N4O/c1-3-16(4-2)13(18)12-9-17(10-15-12)11-5-7-14-8-6-11/h9-11,14H,3-8H2,1-2H3. The van der Waals surface area contributed by atoms with E-state index in [0.29, 0.717) is 11.7 Å². The first kappa shape index (κ1) is 13.1. The first-order valence-corrected chi connectivity index (χ1v) is 6.79. The predicted octanol–water partition coefficient (Wildman–Crippen LogP) is 1.29. The SMILES string of the molecule is CCN(CC)C(=O)c1cn(C2CCNCC2)cn1. The van der Waals surface area contributed by atoms with Gasteiger partial charge in [-0.1, -0.05) is 0 Å². The maximum Gasteiger partial charge on any atom is 0.274 e. The predicted molar refractivity (Wildman–Crippen MR) is 70.6 cm³/mol. The summed E-state index contributed by atoms with van der Waals surface area (Å²) in [5.41, 5.74) is 0.567. The summed E-state index contributed by atoms with van der Waals surface area (Å²) in [4.78, 5) is 18.2. The van der Waals surface area contributed by atoms with Gasteiger partial charge in [-0.25, -0.2) is 4.98 Å². The van der Waals surface area contributed by atoms with Crippen LogP contribution in [0.1, 0.15) is 43.2 Å².